The lowest BCUT2D eigenvalue weighted by atomic mass is 10.3. The largest absolute Gasteiger partial charge is 0.383 e. The second-order valence-electron chi connectivity index (χ2n) is 4.52. The van der Waals surface area contributed by atoms with Crippen molar-refractivity contribution in [2.45, 2.75) is 13.0 Å². The molecule has 0 aromatic carbocycles. The molecule has 0 amide bonds. The fourth-order valence-corrected chi connectivity index (χ4v) is 2.61. The molecular formula is C14H26N2O2S. The Morgan fingerprint density at radius 3 is 2.42 bits per heavy atom. The molecule has 0 aliphatic rings. The minimum atomic E-state index is 0.423. The van der Waals surface area contributed by atoms with Gasteiger partial charge in [-0.2, -0.15) is 0 Å². The van der Waals surface area contributed by atoms with Gasteiger partial charge in [-0.15, -0.1) is 11.3 Å². The molecule has 19 heavy (non-hydrogen) atoms. The number of rotatable bonds is 11. The summed E-state index contributed by atoms with van der Waals surface area (Å²) in [6.45, 7) is 7.65. The van der Waals surface area contributed by atoms with Gasteiger partial charge in [-0.25, -0.2) is 0 Å². The number of hydrogen-bond donors (Lipinski definition) is 1. The highest BCUT2D eigenvalue weighted by Gasteiger charge is 2.07. The SMILES string of the molecule is COCCN(CCNC(C)c1cccs1)CCOC. The fourth-order valence-electron chi connectivity index (χ4n) is 1.85. The van der Waals surface area contributed by atoms with Gasteiger partial charge in [0.1, 0.15) is 0 Å². The molecule has 0 spiro atoms. The quantitative estimate of drug-likeness (QED) is 0.674. The predicted octanol–water partition coefficient (Wildman–Crippen LogP) is 1.99. The van der Waals surface area contributed by atoms with Crippen molar-refractivity contribution in [3.63, 3.8) is 0 Å². The number of methoxy groups -OCH3 is 2. The number of thiophene rings is 1. The molecule has 5 heteroatoms. The summed E-state index contributed by atoms with van der Waals surface area (Å²) in [4.78, 5) is 3.75. The van der Waals surface area contributed by atoms with Crippen molar-refractivity contribution < 1.29 is 9.47 Å². The molecule has 4 nitrogen and oxygen atoms in total. The van der Waals surface area contributed by atoms with Crippen LogP contribution in [0.25, 0.3) is 0 Å². The van der Waals surface area contributed by atoms with Crippen LogP contribution in [0.2, 0.25) is 0 Å². The summed E-state index contributed by atoms with van der Waals surface area (Å²) >= 11 is 1.80. The van der Waals surface area contributed by atoms with E-state index in [4.69, 9.17) is 9.47 Å². The third-order valence-corrected chi connectivity index (χ3v) is 4.13. The lowest BCUT2D eigenvalue weighted by molar-refractivity contribution is 0.114. The zero-order valence-corrected chi connectivity index (χ0v) is 13.0. The molecule has 0 saturated heterocycles. The van der Waals surface area contributed by atoms with Gasteiger partial charge in [0.2, 0.25) is 0 Å². The zero-order chi connectivity index (χ0) is 13.9. The number of ether oxygens (including phenoxy) is 2. The second-order valence-corrected chi connectivity index (χ2v) is 5.50. The van der Waals surface area contributed by atoms with Crippen molar-refractivity contribution in [1.82, 2.24) is 10.2 Å². The molecule has 0 fully saturated rings. The summed E-state index contributed by atoms with van der Waals surface area (Å²) in [7, 11) is 3.48. The number of hydrogen-bond acceptors (Lipinski definition) is 5. The zero-order valence-electron chi connectivity index (χ0n) is 12.2. The van der Waals surface area contributed by atoms with E-state index in [-0.39, 0.29) is 0 Å². The first-order valence-electron chi connectivity index (χ1n) is 6.75. The van der Waals surface area contributed by atoms with Gasteiger partial charge in [0.25, 0.3) is 0 Å². The van der Waals surface area contributed by atoms with Crippen LogP contribution in [0, 0.1) is 0 Å². The summed E-state index contributed by atoms with van der Waals surface area (Å²) in [5.74, 6) is 0. The van der Waals surface area contributed by atoms with Crippen LogP contribution in [0.1, 0.15) is 17.8 Å². The van der Waals surface area contributed by atoms with Crippen molar-refractivity contribution in [2.75, 3.05) is 53.6 Å². The lowest BCUT2D eigenvalue weighted by Crippen LogP contribution is -2.37. The maximum absolute atomic E-state index is 5.14. The van der Waals surface area contributed by atoms with Gasteiger partial charge < -0.3 is 14.8 Å². The van der Waals surface area contributed by atoms with Crippen molar-refractivity contribution >= 4 is 11.3 Å². The van der Waals surface area contributed by atoms with E-state index in [2.05, 4.69) is 34.7 Å². The van der Waals surface area contributed by atoms with E-state index in [1.807, 2.05) is 0 Å². The van der Waals surface area contributed by atoms with E-state index in [0.717, 1.165) is 39.4 Å². The highest BCUT2D eigenvalue weighted by molar-refractivity contribution is 7.10. The molecule has 1 heterocycles. The van der Waals surface area contributed by atoms with Gasteiger partial charge in [0.15, 0.2) is 0 Å². The van der Waals surface area contributed by atoms with Crippen molar-refractivity contribution in [1.29, 1.82) is 0 Å². The van der Waals surface area contributed by atoms with Crippen LogP contribution in [-0.2, 0) is 9.47 Å². The minimum Gasteiger partial charge on any atom is -0.383 e. The normalized spacial score (nSPS) is 13.1. The molecule has 1 atom stereocenters. The van der Waals surface area contributed by atoms with E-state index < -0.39 is 0 Å². The molecule has 0 aliphatic heterocycles. The predicted molar refractivity (Wildman–Crippen MR) is 80.9 cm³/mol. The van der Waals surface area contributed by atoms with Crippen LogP contribution in [0.4, 0.5) is 0 Å². The second kappa shape index (κ2) is 10.3. The van der Waals surface area contributed by atoms with E-state index in [0.29, 0.717) is 6.04 Å². The van der Waals surface area contributed by atoms with Gasteiger partial charge in [-0.05, 0) is 18.4 Å². The summed E-state index contributed by atoms with van der Waals surface area (Å²) in [6, 6.07) is 4.70. The maximum Gasteiger partial charge on any atom is 0.0589 e. The summed E-state index contributed by atoms with van der Waals surface area (Å²) < 4.78 is 10.3. The van der Waals surface area contributed by atoms with Gasteiger partial charge in [-0.3, -0.25) is 4.90 Å². The van der Waals surface area contributed by atoms with Crippen molar-refractivity contribution in [2.24, 2.45) is 0 Å². The minimum absolute atomic E-state index is 0.423. The van der Waals surface area contributed by atoms with Crippen LogP contribution in [0.15, 0.2) is 17.5 Å². The Balaban J connectivity index is 2.22. The monoisotopic (exact) mass is 286 g/mol. The number of nitrogens with one attached hydrogen (secondary N) is 1. The Kier molecular flexibility index (Phi) is 9.03. The standard InChI is InChI=1S/C14H26N2O2S/c1-13(14-5-4-12-19-14)15-6-7-16(8-10-17-2)9-11-18-3/h4-5,12-13,15H,6-11H2,1-3H3. The molecule has 0 aliphatic carbocycles. The maximum atomic E-state index is 5.14. The Bertz CT molecular complexity index is 298. The molecule has 110 valence electrons. The lowest BCUT2D eigenvalue weighted by Gasteiger charge is -2.22. The molecule has 0 saturated carbocycles. The van der Waals surface area contributed by atoms with Crippen LogP contribution >= 0.6 is 11.3 Å². The Hall–Kier alpha value is -0.460. The van der Waals surface area contributed by atoms with Crippen molar-refractivity contribution in [3.05, 3.63) is 22.4 Å². The van der Waals surface area contributed by atoms with E-state index in [1.165, 1.54) is 4.88 Å². The van der Waals surface area contributed by atoms with Crippen LogP contribution < -0.4 is 5.32 Å². The molecular weight excluding hydrogens is 260 g/mol. The summed E-state index contributed by atoms with van der Waals surface area (Å²) in [5.41, 5.74) is 0. The van der Waals surface area contributed by atoms with Crippen LogP contribution in [0.3, 0.4) is 0 Å². The molecule has 1 rings (SSSR count). The molecule has 1 aromatic heterocycles. The van der Waals surface area contributed by atoms with Gasteiger partial charge in [0.05, 0.1) is 13.2 Å². The average Bonchev–Trinajstić information content (AvgIpc) is 2.95. The summed E-state index contributed by atoms with van der Waals surface area (Å²) in [6.07, 6.45) is 0. The van der Waals surface area contributed by atoms with E-state index in [9.17, 15) is 0 Å². The van der Waals surface area contributed by atoms with Crippen LogP contribution in [0.5, 0.6) is 0 Å². The molecule has 1 unspecified atom stereocenters. The third-order valence-electron chi connectivity index (χ3n) is 3.07. The Labute approximate surface area is 120 Å². The first-order valence-corrected chi connectivity index (χ1v) is 7.63. The van der Waals surface area contributed by atoms with Gasteiger partial charge >= 0.3 is 0 Å². The Morgan fingerprint density at radius 2 is 1.89 bits per heavy atom. The highest BCUT2D eigenvalue weighted by Crippen LogP contribution is 2.17. The smallest absolute Gasteiger partial charge is 0.0589 e. The summed E-state index contributed by atoms with van der Waals surface area (Å²) in [5, 5.41) is 5.68. The first-order chi connectivity index (χ1) is 9.27. The highest BCUT2D eigenvalue weighted by atomic mass is 32.1. The molecule has 0 radical (unpaired) electrons. The molecule has 1 aromatic rings. The fraction of sp³-hybridized carbons (Fsp3) is 0.714. The molecule has 1 N–H and O–H groups in total. The van der Waals surface area contributed by atoms with E-state index in [1.54, 1.807) is 25.6 Å². The van der Waals surface area contributed by atoms with Gasteiger partial charge in [-0.1, -0.05) is 6.07 Å². The third kappa shape index (κ3) is 7.03. The Morgan fingerprint density at radius 1 is 1.21 bits per heavy atom. The number of nitrogens with zero attached hydrogens (tertiary/aromatic N) is 1. The topological polar surface area (TPSA) is 33.7 Å². The average molecular weight is 286 g/mol. The first kappa shape index (κ1) is 16.6. The van der Waals surface area contributed by atoms with Gasteiger partial charge in [0, 0.05) is 51.3 Å². The molecule has 0 bridgehead atoms. The van der Waals surface area contributed by atoms with E-state index >= 15 is 0 Å². The van der Waals surface area contributed by atoms with Crippen LogP contribution in [-0.4, -0.2) is 58.5 Å². The van der Waals surface area contributed by atoms with Crippen molar-refractivity contribution in [3.8, 4) is 0 Å².